The van der Waals surface area contributed by atoms with E-state index in [-0.39, 0.29) is 10.5 Å². The highest BCUT2D eigenvalue weighted by Crippen LogP contribution is 2.29. The molecule has 2 aromatic carbocycles. The van der Waals surface area contributed by atoms with Gasteiger partial charge in [-0.25, -0.2) is 4.90 Å². The van der Waals surface area contributed by atoms with E-state index in [2.05, 4.69) is 0 Å². The number of halogens is 3. The van der Waals surface area contributed by atoms with Gasteiger partial charge in [0.25, 0.3) is 5.91 Å². The van der Waals surface area contributed by atoms with Crippen LogP contribution in [0.3, 0.4) is 0 Å². The van der Waals surface area contributed by atoms with E-state index in [9.17, 15) is 18.0 Å². The number of nitrogens with two attached hydrogens (primary N) is 1. The van der Waals surface area contributed by atoms with Crippen LogP contribution in [0.25, 0.3) is 0 Å². The van der Waals surface area contributed by atoms with Gasteiger partial charge in [-0.15, -0.1) is 13.2 Å². The zero-order chi connectivity index (χ0) is 18.1. The number of amides is 1. The predicted molar refractivity (Wildman–Crippen MR) is 87.4 cm³/mol. The molecular weight excluding hydrogens is 317 g/mol. The van der Waals surface area contributed by atoms with Crippen molar-refractivity contribution in [2.45, 2.75) is 33.6 Å². The number of hydrogen-bond donors (Lipinski definition) is 1. The fourth-order valence-electron chi connectivity index (χ4n) is 2.45. The van der Waals surface area contributed by atoms with Crippen LogP contribution in [-0.4, -0.2) is 17.1 Å². The predicted octanol–water partition coefficient (Wildman–Crippen LogP) is 4.36. The summed E-state index contributed by atoms with van der Waals surface area (Å²) in [4.78, 5) is 12.5. The lowest BCUT2D eigenvalue weighted by molar-refractivity contribution is -0.228. The van der Waals surface area contributed by atoms with Crippen LogP contribution in [0.2, 0.25) is 0 Å². The maximum Gasteiger partial charge on any atom is 0.487 e. The van der Waals surface area contributed by atoms with Crippen LogP contribution in [-0.2, 0) is 6.54 Å². The molecule has 2 rings (SSSR count). The summed E-state index contributed by atoms with van der Waals surface area (Å²) in [6.07, 6.45) is -4.78. The molecule has 2 N–H and O–H groups in total. The first-order valence-electron chi connectivity index (χ1n) is 7.41. The molecular formula is C18H19F3N2O. The van der Waals surface area contributed by atoms with E-state index in [1.54, 1.807) is 45.0 Å². The fraction of sp³-hybridized carbons (Fsp3) is 0.278. The number of nitrogen functional groups attached to an aromatic ring is 1. The van der Waals surface area contributed by atoms with E-state index in [1.807, 2.05) is 0 Å². The van der Waals surface area contributed by atoms with Gasteiger partial charge in [0, 0.05) is 11.3 Å². The fourth-order valence-corrected chi connectivity index (χ4v) is 2.45. The van der Waals surface area contributed by atoms with Crippen LogP contribution in [0.1, 0.15) is 32.6 Å². The molecule has 128 valence electrons. The lowest BCUT2D eigenvalue weighted by Crippen LogP contribution is -2.42. The molecule has 0 aliphatic rings. The molecule has 1 amide bonds. The Labute approximate surface area is 138 Å². The van der Waals surface area contributed by atoms with E-state index >= 15 is 0 Å². The minimum Gasteiger partial charge on any atom is -0.399 e. The third kappa shape index (κ3) is 3.69. The first-order valence-corrected chi connectivity index (χ1v) is 7.41. The normalized spacial score (nSPS) is 11.4. The molecule has 2 aromatic rings. The van der Waals surface area contributed by atoms with Gasteiger partial charge in [0.1, 0.15) is 0 Å². The van der Waals surface area contributed by atoms with Gasteiger partial charge in [-0.2, -0.15) is 0 Å². The van der Waals surface area contributed by atoms with Crippen molar-refractivity contribution in [2.75, 3.05) is 5.73 Å². The van der Waals surface area contributed by atoms with Crippen molar-refractivity contribution in [2.24, 2.45) is 0 Å². The average Bonchev–Trinajstić information content (AvgIpc) is 2.48. The van der Waals surface area contributed by atoms with Crippen molar-refractivity contribution in [1.82, 2.24) is 4.90 Å². The highest BCUT2D eigenvalue weighted by molar-refractivity contribution is 5.96. The van der Waals surface area contributed by atoms with Crippen molar-refractivity contribution in [3.05, 3.63) is 64.2 Å². The maximum atomic E-state index is 13.5. The zero-order valence-corrected chi connectivity index (χ0v) is 13.7. The first-order chi connectivity index (χ1) is 11.1. The van der Waals surface area contributed by atoms with Crippen molar-refractivity contribution < 1.29 is 18.0 Å². The van der Waals surface area contributed by atoms with Crippen molar-refractivity contribution in [1.29, 1.82) is 0 Å². The number of anilines is 1. The van der Waals surface area contributed by atoms with E-state index in [4.69, 9.17) is 5.73 Å². The molecule has 0 heterocycles. The largest absolute Gasteiger partial charge is 0.487 e. The second kappa shape index (κ2) is 6.55. The highest BCUT2D eigenvalue weighted by atomic mass is 19.4. The Morgan fingerprint density at radius 1 is 1.04 bits per heavy atom. The highest BCUT2D eigenvalue weighted by Gasteiger charge is 2.41. The number of hydrogen-bond acceptors (Lipinski definition) is 2. The Bertz CT molecular complexity index is 769. The topological polar surface area (TPSA) is 46.3 Å². The monoisotopic (exact) mass is 336 g/mol. The molecule has 0 unspecified atom stereocenters. The number of alkyl halides is 3. The molecule has 3 nitrogen and oxygen atoms in total. The van der Waals surface area contributed by atoms with Gasteiger partial charge < -0.3 is 5.73 Å². The molecule has 0 saturated heterocycles. The third-order valence-corrected chi connectivity index (χ3v) is 3.98. The summed E-state index contributed by atoms with van der Waals surface area (Å²) < 4.78 is 40.4. The molecule has 6 heteroatoms. The van der Waals surface area contributed by atoms with Crippen LogP contribution in [0.4, 0.5) is 18.9 Å². The smallest absolute Gasteiger partial charge is 0.399 e. The molecule has 0 aromatic heterocycles. The van der Waals surface area contributed by atoms with Gasteiger partial charge in [-0.3, -0.25) is 4.79 Å². The molecule has 0 bridgehead atoms. The molecule has 0 aliphatic carbocycles. The standard InChI is InChI=1S/C18H19F3N2O/c1-11-6-4-5-7-14(11)10-23(18(19,20)21)17(24)15-8-13(3)16(22)9-12(15)2/h4-9H,10,22H2,1-3H3. The summed E-state index contributed by atoms with van der Waals surface area (Å²) in [5.74, 6) is -1.08. The Hall–Kier alpha value is -2.50. The van der Waals surface area contributed by atoms with Gasteiger partial charge in [0.05, 0.1) is 6.54 Å². The van der Waals surface area contributed by atoms with E-state index in [1.165, 1.54) is 12.1 Å². The van der Waals surface area contributed by atoms with Crippen molar-refractivity contribution >= 4 is 11.6 Å². The van der Waals surface area contributed by atoms with Crippen LogP contribution in [0, 0.1) is 20.8 Å². The van der Waals surface area contributed by atoms with Gasteiger partial charge in [-0.05, 0) is 55.2 Å². The Kier molecular flexibility index (Phi) is 4.87. The number of benzene rings is 2. The third-order valence-electron chi connectivity index (χ3n) is 3.98. The van der Waals surface area contributed by atoms with Crippen LogP contribution in [0.15, 0.2) is 36.4 Å². The second-order valence-corrected chi connectivity index (χ2v) is 5.81. The minimum absolute atomic E-state index is 0.00705. The zero-order valence-electron chi connectivity index (χ0n) is 13.7. The summed E-state index contributed by atoms with van der Waals surface area (Å²) >= 11 is 0. The summed E-state index contributed by atoms with van der Waals surface area (Å²) in [5, 5.41) is 0. The summed E-state index contributed by atoms with van der Waals surface area (Å²) in [7, 11) is 0. The van der Waals surface area contributed by atoms with Gasteiger partial charge in [0.15, 0.2) is 0 Å². The molecule has 0 radical (unpaired) electrons. The molecule has 0 aliphatic heterocycles. The number of carbonyl (C=O) groups is 1. The van der Waals surface area contributed by atoms with Crippen molar-refractivity contribution in [3.8, 4) is 0 Å². The van der Waals surface area contributed by atoms with Crippen LogP contribution >= 0.6 is 0 Å². The molecule has 0 saturated carbocycles. The second-order valence-electron chi connectivity index (χ2n) is 5.81. The Morgan fingerprint density at radius 2 is 1.67 bits per heavy atom. The number of rotatable bonds is 3. The maximum absolute atomic E-state index is 13.5. The lowest BCUT2D eigenvalue weighted by atomic mass is 10.0. The Balaban J connectivity index is 2.44. The van der Waals surface area contributed by atoms with Crippen LogP contribution in [0.5, 0.6) is 0 Å². The molecule has 0 spiro atoms. The van der Waals surface area contributed by atoms with E-state index < -0.39 is 18.8 Å². The van der Waals surface area contributed by atoms with Crippen molar-refractivity contribution in [3.63, 3.8) is 0 Å². The summed E-state index contributed by atoms with van der Waals surface area (Å²) in [5.41, 5.74) is 8.34. The molecule has 24 heavy (non-hydrogen) atoms. The minimum atomic E-state index is -4.78. The molecule has 0 atom stereocenters. The van der Waals surface area contributed by atoms with Gasteiger partial charge in [-0.1, -0.05) is 24.3 Å². The number of carbonyl (C=O) groups excluding carboxylic acids is 1. The first kappa shape index (κ1) is 17.8. The number of nitrogens with zero attached hydrogens (tertiary/aromatic N) is 1. The Morgan fingerprint density at radius 3 is 2.25 bits per heavy atom. The summed E-state index contributed by atoms with van der Waals surface area (Å²) in [6.45, 7) is 4.42. The average molecular weight is 336 g/mol. The van der Waals surface area contributed by atoms with Gasteiger partial charge in [0.2, 0.25) is 0 Å². The van der Waals surface area contributed by atoms with E-state index in [0.717, 1.165) is 0 Å². The van der Waals surface area contributed by atoms with Crippen LogP contribution < -0.4 is 5.73 Å². The molecule has 0 fully saturated rings. The van der Waals surface area contributed by atoms with Gasteiger partial charge >= 0.3 is 6.30 Å². The quantitative estimate of drug-likeness (QED) is 0.669. The number of aryl methyl sites for hydroxylation is 3. The lowest BCUT2D eigenvalue weighted by Gasteiger charge is -2.26. The van der Waals surface area contributed by atoms with E-state index in [0.29, 0.717) is 27.9 Å². The summed E-state index contributed by atoms with van der Waals surface area (Å²) in [6, 6.07) is 9.62. The SMILES string of the molecule is Cc1cc(C(=O)N(Cc2ccccc2C)C(F)(F)F)c(C)cc1N.